The summed E-state index contributed by atoms with van der Waals surface area (Å²) in [5, 5.41) is 7.78. The Morgan fingerprint density at radius 3 is 2.71 bits per heavy atom. The van der Waals surface area contributed by atoms with Crippen molar-refractivity contribution in [2.24, 2.45) is 12.0 Å². The Bertz CT molecular complexity index is 1310. The molecule has 0 saturated carbocycles. The number of aliphatic imine (C=N–C) groups is 1. The van der Waals surface area contributed by atoms with Gasteiger partial charge in [0.25, 0.3) is 0 Å². The van der Waals surface area contributed by atoms with E-state index in [0.717, 1.165) is 34.4 Å². The minimum atomic E-state index is -2.94. The van der Waals surface area contributed by atoms with Gasteiger partial charge in [0.15, 0.2) is 5.82 Å². The molecule has 0 aliphatic carbocycles. The van der Waals surface area contributed by atoms with Gasteiger partial charge in [0.2, 0.25) is 0 Å². The summed E-state index contributed by atoms with van der Waals surface area (Å²) in [6.45, 7) is 4.73. The summed E-state index contributed by atoms with van der Waals surface area (Å²) >= 11 is 0. The molecule has 1 saturated heterocycles. The Hall–Kier alpha value is -3.33. The standard InChI is InChI=1S/C25H30N6O2S/c1-4-18(14-26-5-2)19-7-6-8-20(13-19)24-27-16-23(21-15-28-31(3)17-21)25(30-24)29-22-9-11-34(32,33)12-10-22/h4,6-8,13-17,22H,5,9-12H2,1-3H3,(H,27,29,30)/b18-4+,26-14-. The monoisotopic (exact) mass is 478 g/mol. The fourth-order valence-electron chi connectivity index (χ4n) is 3.97. The average Bonchev–Trinajstić information content (AvgIpc) is 3.27. The van der Waals surface area contributed by atoms with Gasteiger partial charge in [-0.2, -0.15) is 5.10 Å². The molecule has 0 amide bonds. The predicted molar refractivity (Wildman–Crippen MR) is 138 cm³/mol. The lowest BCUT2D eigenvalue weighted by Gasteiger charge is -2.24. The van der Waals surface area contributed by atoms with Crippen LogP contribution in [0.2, 0.25) is 0 Å². The molecule has 9 heteroatoms. The van der Waals surface area contributed by atoms with E-state index >= 15 is 0 Å². The van der Waals surface area contributed by atoms with Crippen molar-refractivity contribution in [3.05, 3.63) is 54.5 Å². The van der Waals surface area contributed by atoms with Crippen LogP contribution in [0.5, 0.6) is 0 Å². The normalized spacial score (nSPS) is 16.7. The van der Waals surface area contributed by atoms with Gasteiger partial charge in [-0.1, -0.05) is 24.3 Å². The number of sulfone groups is 1. The summed E-state index contributed by atoms with van der Waals surface area (Å²) in [4.78, 5) is 13.9. The highest BCUT2D eigenvalue weighted by atomic mass is 32.2. The first-order valence-corrected chi connectivity index (χ1v) is 13.3. The van der Waals surface area contributed by atoms with Gasteiger partial charge in [-0.05, 0) is 43.9 Å². The highest BCUT2D eigenvalue weighted by Crippen LogP contribution is 2.30. The molecule has 1 aliphatic rings. The van der Waals surface area contributed by atoms with Gasteiger partial charge < -0.3 is 5.32 Å². The molecule has 8 nitrogen and oxygen atoms in total. The molecular formula is C25H30N6O2S. The largest absolute Gasteiger partial charge is 0.367 e. The number of aryl methyl sites for hydroxylation is 1. The van der Waals surface area contributed by atoms with E-state index in [-0.39, 0.29) is 17.5 Å². The number of rotatable bonds is 7. The van der Waals surface area contributed by atoms with E-state index in [0.29, 0.717) is 24.5 Å². The quantitative estimate of drug-likeness (QED) is 0.515. The molecule has 3 aromatic rings. The van der Waals surface area contributed by atoms with Crippen LogP contribution in [0.15, 0.2) is 53.9 Å². The summed E-state index contributed by atoms with van der Waals surface area (Å²) < 4.78 is 25.5. The van der Waals surface area contributed by atoms with Crippen LogP contribution in [0.3, 0.4) is 0 Å². The summed E-state index contributed by atoms with van der Waals surface area (Å²) in [5.74, 6) is 1.67. The highest BCUT2D eigenvalue weighted by molar-refractivity contribution is 7.91. The number of anilines is 1. The first kappa shape index (κ1) is 23.8. The molecule has 0 unspecified atom stereocenters. The number of hydrogen-bond acceptors (Lipinski definition) is 7. The first-order chi connectivity index (χ1) is 16.4. The molecule has 0 atom stereocenters. The third-order valence-electron chi connectivity index (χ3n) is 5.88. The number of allylic oxidation sites excluding steroid dienone is 2. The van der Waals surface area contributed by atoms with Crippen LogP contribution < -0.4 is 5.32 Å². The van der Waals surface area contributed by atoms with Gasteiger partial charge in [0, 0.05) is 54.9 Å². The molecule has 4 rings (SSSR count). The molecule has 3 heterocycles. The molecule has 2 aromatic heterocycles. The van der Waals surface area contributed by atoms with Crippen molar-refractivity contribution in [3.63, 3.8) is 0 Å². The minimum absolute atomic E-state index is 0.0351. The number of nitrogens with zero attached hydrogens (tertiary/aromatic N) is 5. The van der Waals surface area contributed by atoms with E-state index in [2.05, 4.69) is 26.5 Å². The molecule has 1 aliphatic heterocycles. The van der Waals surface area contributed by atoms with E-state index < -0.39 is 9.84 Å². The topological polar surface area (TPSA) is 102 Å². The molecule has 178 valence electrons. The lowest BCUT2D eigenvalue weighted by Crippen LogP contribution is -2.32. The van der Waals surface area contributed by atoms with Crippen molar-refractivity contribution in [2.75, 3.05) is 23.4 Å². The van der Waals surface area contributed by atoms with Crippen LogP contribution in [0, 0.1) is 0 Å². The number of hydrogen-bond donors (Lipinski definition) is 1. The van der Waals surface area contributed by atoms with Crippen molar-refractivity contribution in [2.45, 2.75) is 32.7 Å². The zero-order valence-corrected chi connectivity index (χ0v) is 20.6. The van der Waals surface area contributed by atoms with E-state index in [4.69, 9.17) is 4.98 Å². The van der Waals surface area contributed by atoms with Gasteiger partial charge in [0.1, 0.15) is 15.7 Å². The number of benzene rings is 1. The van der Waals surface area contributed by atoms with Crippen molar-refractivity contribution < 1.29 is 8.42 Å². The fraction of sp³-hybridized carbons (Fsp3) is 0.360. The van der Waals surface area contributed by atoms with Crippen molar-refractivity contribution >= 4 is 27.4 Å². The van der Waals surface area contributed by atoms with Crippen LogP contribution in [0.4, 0.5) is 5.82 Å². The molecule has 0 radical (unpaired) electrons. The van der Waals surface area contributed by atoms with Crippen molar-refractivity contribution in [1.82, 2.24) is 19.7 Å². The lowest BCUT2D eigenvalue weighted by molar-refractivity contribution is 0.559. The van der Waals surface area contributed by atoms with Gasteiger partial charge >= 0.3 is 0 Å². The summed E-state index contributed by atoms with van der Waals surface area (Å²) in [5.41, 5.74) is 4.72. The van der Waals surface area contributed by atoms with Gasteiger partial charge in [0.05, 0.1) is 17.7 Å². The Labute approximate surface area is 200 Å². The van der Waals surface area contributed by atoms with Crippen LogP contribution >= 0.6 is 0 Å². The summed E-state index contributed by atoms with van der Waals surface area (Å²) in [6.07, 6.45) is 10.5. The summed E-state index contributed by atoms with van der Waals surface area (Å²) in [6, 6.07) is 8.13. The highest BCUT2D eigenvalue weighted by Gasteiger charge is 2.25. The Morgan fingerprint density at radius 1 is 1.24 bits per heavy atom. The first-order valence-electron chi connectivity index (χ1n) is 11.5. The predicted octanol–water partition coefficient (Wildman–Crippen LogP) is 4.03. The zero-order chi connectivity index (χ0) is 24.1. The maximum absolute atomic E-state index is 11.9. The second-order valence-corrected chi connectivity index (χ2v) is 10.7. The molecule has 1 aromatic carbocycles. The van der Waals surface area contributed by atoms with Crippen LogP contribution in [0.25, 0.3) is 28.1 Å². The van der Waals surface area contributed by atoms with E-state index in [9.17, 15) is 8.42 Å². The van der Waals surface area contributed by atoms with Gasteiger partial charge in [-0.25, -0.2) is 18.4 Å². The number of aromatic nitrogens is 4. The van der Waals surface area contributed by atoms with Crippen LogP contribution in [-0.4, -0.2) is 58.5 Å². The average molecular weight is 479 g/mol. The Balaban J connectivity index is 1.70. The second kappa shape index (κ2) is 10.3. The fourth-order valence-corrected chi connectivity index (χ4v) is 5.46. The van der Waals surface area contributed by atoms with Gasteiger partial charge in [-0.15, -0.1) is 0 Å². The third-order valence-corrected chi connectivity index (χ3v) is 7.59. The summed E-state index contributed by atoms with van der Waals surface area (Å²) in [7, 11) is -1.08. The van der Waals surface area contributed by atoms with E-state index in [1.165, 1.54) is 0 Å². The van der Waals surface area contributed by atoms with E-state index in [1.54, 1.807) is 10.9 Å². The molecule has 34 heavy (non-hydrogen) atoms. The molecular weight excluding hydrogens is 448 g/mol. The number of nitrogens with one attached hydrogen (secondary N) is 1. The van der Waals surface area contributed by atoms with Crippen molar-refractivity contribution in [1.29, 1.82) is 0 Å². The SMILES string of the molecule is C/C=C(\C=N/CC)c1cccc(-c2ncc(-c3cnn(C)c3)c(NC3CCS(=O)(=O)CC3)n2)c1. The maximum Gasteiger partial charge on any atom is 0.161 e. The minimum Gasteiger partial charge on any atom is -0.367 e. The smallest absolute Gasteiger partial charge is 0.161 e. The molecule has 1 N–H and O–H groups in total. The molecule has 1 fully saturated rings. The second-order valence-electron chi connectivity index (χ2n) is 8.38. The van der Waals surface area contributed by atoms with E-state index in [1.807, 2.05) is 63.8 Å². The zero-order valence-electron chi connectivity index (χ0n) is 19.8. The third kappa shape index (κ3) is 5.59. The van der Waals surface area contributed by atoms with Crippen molar-refractivity contribution in [3.8, 4) is 22.5 Å². The van der Waals surface area contributed by atoms with Gasteiger partial charge in [-0.3, -0.25) is 9.67 Å². The Morgan fingerprint density at radius 2 is 2.03 bits per heavy atom. The van der Waals surface area contributed by atoms with Crippen LogP contribution in [0.1, 0.15) is 32.3 Å². The molecule has 0 spiro atoms. The molecule has 0 bridgehead atoms. The lowest BCUT2D eigenvalue weighted by atomic mass is 10.0. The Kier molecular flexibility index (Phi) is 7.21. The van der Waals surface area contributed by atoms with Crippen LogP contribution in [-0.2, 0) is 16.9 Å². The maximum atomic E-state index is 11.9.